The summed E-state index contributed by atoms with van der Waals surface area (Å²) in [7, 11) is -0.748. The molecule has 2 aromatic heterocycles. The summed E-state index contributed by atoms with van der Waals surface area (Å²) in [6.45, 7) is 0. The van der Waals surface area contributed by atoms with Crippen LogP contribution in [0, 0.1) is 0 Å². The number of para-hydroxylation sites is 1. The van der Waals surface area contributed by atoms with Crippen LogP contribution in [0.4, 0.5) is 0 Å². The average Bonchev–Trinajstić information content (AvgIpc) is 4.11. The fraction of sp³-hybridized carbons (Fsp3) is 0. The number of hydrogen-bond donors (Lipinski definition) is 0. The molecule has 0 saturated carbocycles. The van der Waals surface area contributed by atoms with Gasteiger partial charge in [0.1, 0.15) is 11.2 Å². The van der Waals surface area contributed by atoms with E-state index in [-0.39, 0.29) is 0 Å². The number of fused-ring (bicyclic) bond motifs is 11. The topological polar surface area (TPSA) is 18.1 Å². The van der Waals surface area contributed by atoms with Crippen molar-refractivity contribution in [2.45, 2.75) is 0 Å². The van der Waals surface area contributed by atoms with Gasteiger partial charge in [-0.2, -0.15) is 0 Å². The Morgan fingerprint density at radius 2 is 0.704 bits per heavy atom. The van der Waals surface area contributed by atoms with E-state index in [1.807, 2.05) is 6.07 Å². The van der Waals surface area contributed by atoms with Gasteiger partial charge in [0.05, 0.1) is 20.6 Å². The van der Waals surface area contributed by atoms with Crippen LogP contribution in [0.15, 0.2) is 253 Å². The lowest BCUT2D eigenvalue weighted by molar-refractivity contribution is 0.669. The SMILES string of the molecule is c1ccc2c(-c3ccc(-c4ccc5c(c4)c4cc(-c6ccc(-c7cccc8ccccc78)cc6)ccc4n5-c4ccc5c(c4)[SiH2]c4cc(-c6ccc7oc8ccccc8c7c6)ccc4-5)cc3)cccc2c1. The van der Waals surface area contributed by atoms with E-state index in [0.29, 0.717) is 0 Å². The van der Waals surface area contributed by atoms with Crippen molar-refractivity contribution < 1.29 is 4.42 Å². The number of benzene rings is 12. The average molecular weight is 918 g/mol. The maximum absolute atomic E-state index is 6.17. The van der Waals surface area contributed by atoms with Crippen LogP contribution in [-0.4, -0.2) is 14.1 Å². The summed E-state index contributed by atoms with van der Waals surface area (Å²) < 4.78 is 8.67. The van der Waals surface area contributed by atoms with Gasteiger partial charge >= 0.3 is 0 Å². The summed E-state index contributed by atoms with van der Waals surface area (Å²) in [6.07, 6.45) is 0. The number of rotatable bonds is 6. The second-order valence-electron chi connectivity index (χ2n) is 19.2. The molecule has 0 amide bonds. The van der Waals surface area contributed by atoms with Crippen molar-refractivity contribution in [3.63, 3.8) is 0 Å². The molecule has 0 N–H and O–H groups in total. The molecule has 12 aromatic carbocycles. The molecule has 3 heterocycles. The van der Waals surface area contributed by atoms with Crippen LogP contribution in [0.1, 0.15) is 0 Å². The smallest absolute Gasteiger partial charge is 0.135 e. The van der Waals surface area contributed by atoms with E-state index in [1.165, 1.54) is 132 Å². The second kappa shape index (κ2) is 15.8. The number of aromatic nitrogens is 1. The summed E-state index contributed by atoms with van der Waals surface area (Å²) in [5.74, 6) is 0. The molecule has 1 aliphatic rings. The first-order valence-corrected chi connectivity index (χ1v) is 26.0. The molecule has 15 rings (SSSR count). The zero-order valence-corrected chi connectivity index (χ0v) is 40.1. The largest absolute Gasteiger partial charge is 0.456 e. The molecule has 0 fully saturated rings. The van der Waals surface area contributed by atoms with Crippen molar-refractivity contribution in [2.24, 2.45) is 0 Å². The van der Waals surface area contributed by atoms with E-state index < -0.39 is 9.52 Å². The first-order chi connectivity index (χ1) is 35.1. The molecule has 2 nitrogen and oxygen atoms in total. The minimum Gasteiger partial charge on any atom is -0.456 e. The molecule has 14 aromatic rings. The predicted molar refractivity (Wildman–Crippen MR) is 303 cm³/mol. The van der Waals surface area contributed by atoms with Gasteiger partial charge in [0.2, 0.25) is 0 Å². The van der Waals surface area contributed by atoms with E-state index in [2.05, 4.69) is 247 Å². The van der Waals surface area contributed by atoms with Gasteiger partial charge < -0.3 is 8.98 Å². The molecule has 0 radical (unpaired) electrons. The maximum atomic E-state index is 6.17. The molecule has 0 unspecified atom stereocenters. The van der Waals surface area contributed by atoms with Crippen LogP contribution in [0.3, 0.4) is 0 Å². The first kappa shape index (κ1) is 39.9. The molecule has 0 atom stereocenters. The summed E-state index contributed by atoms with van der Waals surface area (Å²) in [4.78, 5) is 0. The molecular formula is C68H43NOSi. The van der Waals surface area contributed by atoms with E-state index >= 15 is 0 Å². The van der Waals surface area contributed by atoms with Crippen LogP contribution in [0.25, 0.3) is 138 Å². The third kappa shape index (κ3) is 6.48. The van der Waals surface area contributed by atoms with Gasteiger partial charge in [0, 0.05) is 27.2 Å². The van der Waals surface area contributed by atoms with Gasteiger partial charge in [0.25, 0.3) is 0 Å². The van der Waals surface area contributed by atoms with Gasteiger partial charge in [-0.05, 0) is 143 Å². The van der Waals surface area contributed by atoms with E-state index in [0.717, 1.165) is 16.6 Å². The molecule has 1 aliphatic heterocycles. The van der Waals surface area contributed by atoms with E-state index in [9.17, 15) is 0 Å². The zero-order chi connectivity index (χ0) is 46.6. The van der Waals surface area contributed by atoms with Crippen molar-refractivity contribution in [1.82, 2.24) is 4.57 Å². The highest BCUT2D eigenvalue weighted by atomic mass is 28.2. The minimum atomic E-state index is -0.748. The number of nitrogens with zero attached hydrogens (tertiary/aromatic N) is 1. The second-order valence-corrected chi connectivity index (χ2v) is 21.1. The summed E-state index contributed by atoms with van der Waals surface area (Å²) in [5, 5.41) is 12.9. The van der Waals surface area contributed by atoms with Gasteiger partial charge in [-0.15, -0.1) is 0 Å². The highest BCUT2D eigenvalue weighted by Gasteiger charge is 2.23. The van der Waals surface area contributed by atoms with Crippen LogP contribution in [0.2, 0.25) is 0 Å². The Morgan fingerprint density at radius 3 is 1.34 bits per heavy atom. The Balaban J connectivity index is 0.821. The van der Waals surface area contributed by atoms with Gasteiger partial charge in [-0.1, -0.05) is 204 Å². The van der Waals surface area contributed by atoms with Crippen LogP contribution < -0.4 is 10.4 Å². The van der Waals surface area contributed by atoms with Crippen molar-refractivity contribution in [3.8, 4) is 72.4 Å². The highest BCUT2D eigenvalue weighted by molar-refractivity contribution is 6.73. The van der Waals surface area contributed by atoms with Crippen molar-refractivity contribution >= 4 is 85.2 Å². The summed E-state index contributed by atoms with van der Waals surface area (Å²) in [5.41, 5.74) is 20.5. The lowest BCUT2D eigenvalue weighted by Gasteiger charge is -2.12. The maximum Gasteiger partial charge on any atom is 0.135 e. The van der Waals surface area contributed by atoms with Crippen LogP contribution in [-0.2, 0) is 0 Å². The van der Waals surface area contributed by atoms with Crippen molar-refractivity contribution in [3.05, 3.63) is 249 Å². The monoisotopic (exact) mass is 917 g/mol. The Morgan fingerprint density at radius 1 is 0.268 bits per heavy atom. The van der Waals surface area contributed by atoms with Crippen molar-refractivity contribution in [1.29, 1.82) is 0 Å². The zero-order valence-electron chi connectivity index (χ0n) is 38.7. The lowest BCUT2D eigenvalue weighted by atomic mass is 9.95. The standard InChI is InChI=1S/C68H43NOSi/c1-3-13-53-44(9-1)11-7-16-55(53)46-23-19-42(20-24-46)48-28-34-63-60(37-48)61-38-49(43-21-25-47(26-22-43)56-17-8-12-45-10-2-4-14-54(45)56)29-35-64(61)69(63)52-31-33-59-58-32-27-51(40-67(58)71-68(59)41-52)50-30-36-66-62(39-50)57-15-5-6-18-65(57)70-66/h1-41H,71H2. The Kier molecular flexibility index (Phi) is 8.86. The van der Waals surface area contributed by atoms with Crippen molar-refractivity contribution in [2.75, 3.05) is 0 Å². The molecule has 0 aliphatic carbocycles. The Labute approximate surface area is 413 Å². The number of hydrogen-bond acceptors (Lipinski definition) is 1. The Hall–Kier alpha value is -9.02. The summed E-state index contributed by atoms with van der Waals surface area (Å²) >= 11 is 0. The molecule has 0 saturated heterocycles. The fourth-order valence-corrected chi connectivity index (χ4v) is 13.8. The number of furan rings is 1. The van der Waals surface area contributed by atoms with Crippen LogP contribution >= 0.6 is 0 Å². The molecule has 0 spiro atoms. The third-order valence-electron chi connectivity index (χ3n) is 15.2. The van der Waals surface area contributed by atoms with Crippen LogP contribution in [0.5, 0.6) is 0 Å². The predicted octanol–water partition coefficient (Wildman–Crippen LogP) is 16.4. The summed E-state index contributed by atoms with van der Waals surface area (Å²) in [6, 6.07) is 92.1. The fourth-order valence-electron chi connectivity index (χ4n) is 11.7. The Bertz CT molecular complexity index is 4290. The third-order valence-corrected chi connectivity index (χ3v) is 17.2. The minimum absolute atomic E-state index is 0.748. The molecular weight excluding hydrogens is 875 g/mol. The van der Waals surface area contributed by atoms with Gasteiger partial charge in [0.15, 0.2) is 0 Å². The normalized spacial score (nSPS) is 12.5. The molecule has 0 bridgehead atoms. The molecule has 3 heteroatoms. The lowest BCUT2D eigenvalue weighted by Crippen LogP contribution is -2.21. The van der Waals surface area contributed by atoms with Gasteiger partial charge in [-0.3, -0.25) is 0 Å². The molecule has 330 valence electrons. The quantitative estimate of drug-likeness (QED) is 0.152. The highest BCUT2D eigenvalue weighted by Crippen LogP contribution is 2.40. The van der Waals surface area contributed by atoms with E-state index in [1.54, 1.807) is 0 Å². The first-order valence-electron chi connectivity index (χ1n) is 24.6. The molecule has 71 heavy (non-hydrogen) atoms. The van der Waals surface area contributed by atoms with E-state index in [4.69, 9.17) is 4.42 Å². The van der Waals surface area contributed by atoms with Gasteiger partial charge in [-0.25, -0.2) is 0 Å².